The van der Waals surface area contributed by atoms with Gasteiger partial charge in [0.05, 0.1) is 6.54 Å². The molecule has 0 aromatic heterocycles. The molecule has 0 saturated carbocycles. The van der Waals surface area contributed by atoms with Crippen LogP contribution in [0.3, 0.4) is 0 Å². The molecule has 142 valence electrons. The topological polar surface area (TPSA) is 120 Å². The number of likely N-dealkylation sites (N-methyl/N-ethyl adjacent to an activating group) is 1. The first-order chi connectivity index (χ1) is 11.5. The number of hydrogen-bond donors (Lipinski definition) is 3. The summed E-state index contributed by atoms with van der Waals surface area (Å²) < 4.78 is 5.28. The third kappa shape index (κ3) is 6.86. The maximum absolute atomic E-state index is 12.2. The Kier molecular flexibility index (Phi) is 7.01. The van der Waals surface area contributed by atoms with E-state index in [0.29, 0.717) is 19.4 Å². The van der Waals surface area contributed by atoms with Crippen molar-refractivity contribution in [2.75, 3.05) is 27.2 Å². The number of nitrogens with one attached hydrogen (secondary N) is 3. The van der Waals surface area contributed by atoms with Gasteiger partial charge in [-0.3, -0.25) is 19.9 Å². The minimum atomic E-state index is -0.717. The molecule has 5 amide bonds. The highest BCUT2D eigenvalue weighted by molar-refractivity contribution is 5.89. The molecule has 1 aliphatic heterocycles. The Balaban J connectivity index is 2.46. The van der Waals surface area contributed by atoms with Crippen molar-refractivity contribution in [1.29, 1.82) is 0 Å². The molecule has 0 bridgehead atoms. The maximum Gasteiger partial charge on any atom is 0.410 e. The number of amides is 5. The molecule has 3 N–H and O–H groups in total. The molecule has 1 heterocycles. The molecule has 25 heavy (non-hydrogen) atoms. The van der Waals surface area contributed by atoms with Gasteiger partial charge in [0.2, 0.25) is 5.91 Å². The van der Waals surface area contributed by atoms with Crippen LogP contribution in [0, 0.1) is 0 Å². The summed E-state index contributed by atoms with van der Waals surface area (Å²) in [5.41, 5.74) is 3.76. The highest BCUT2D eigenvalue weighted by atomic mass is 16.6. The molecule has 0 unspecified atom stereocenters. The zero-order valence-corrected chi connectivity index (χ0v) is 15.3. The SMILES string of the molecule is CN(C)C(=O)CNC(=O)NNC(=O)[C@@H]1CCCN1C(=O)OC(C)(C)C. The lowest BCUT2D eigenvalue weighted by Gasteiger charge is -2.28. The molecular formula is C15H27N5O5. The van der Waals surface area contributed by atoms with E-state index in [1.54, 1.807) is 34.9 Å². The van der Waals surface area contributed by atoms with Crippen LogP contribution in [0.25, 0.3) is 0 Å². The molecule has 1 fully saturated rings. The predicted molar refractivity (Wildman–Crippen MR) is 89.3 cm³/mol. The number of urea groups is 1. The lowest BCUT2D eigenvalue weighted by Crippen LogP contribution is -2.54. The van der Waals surface area contributed by atoms with Crippen molar-refractivity contribution in [3.63, 3.8) is 0 Å². The minimum Gasteiger partial charge on any atom is -0.444 e. The van der Waals surface area contributed by atoms with Crippen LogP contribution in [0.4, 0.5) is 9.59 Å². The van der Waals surface area contributed by atoms with E-state index >= 15 is 0 Å². The fourth-order valence-electron chi connectivity index (χ4n) is 2.14. The Morgan fingerprint density at radius 3 is 2.36 bits per heavy atom. The first-order valence-corrected chi connectivity index (χ1v) is 8.04. The van der Waals surface area contributed by atoms with E-state index in [9.17, 15) is 19.2 Å². The van der Waals surface area contributed by atoms with Gasteiger partial charge in [0, 0.05) is 20.6 Å². The number of carbonyl (C=O) groups excluding carboxylic acids is 4. The summed E-state index contributed by atoms with van der Waals surface area (Å²) in [4.78, 5) is 50.0. The van der Waals surface area contributed by atoms with E-state index < -0.39 is 29.7 Å². The maximum atomic E-state index is 12.2. The van der Waals surface area contributed by atoms with Gasteiger partial charge in [0.1, 0.15) is 11.6 Å². The molecule has 1 rings (SSSR count). The van der Waals surface area contributed by atoms with Gasteiger partial charge in [-0.2, -0.15) is 0 Å². The van der Waals surface area contributed by atoms with Crippen molar-refractivity contribution in [1.82, 2.24) is 26.0 Å². The van der Waals surface area contributed by atoms with E-state index in [-0.39, 0.29) is 12.5 Å². The van der Waals surface area contributed by atoms with E-state index in [2.05, 4.69) is 16.2 Å². The van der Waals surface area contributed by atoms with Crippen LogP contribution in [-0.4, -0.2) is 72.6 Å². The number of carbonyl (C=O) groups is 4. The normalized spacial score (nSPS) is 16.8. The summed E-state index contributed by atoms with van der Waals surface area (Å²) >= 11 is 0. The van der Waals surface area contributed by atoms with Gasteiger partial charge in [-0.1, -0.05) is 0 Å². The van der Waals surface area contributed by atoms with Crippen LogP contribution in [0.5, 0.6) is 0 Å². The number of nitrogens with zero attached hydrogens (tertiary/aromatic N) is 2. The van der Waals surface area contributed by atoms with Crippen molar-refractivity contribution >= 4 is 23.9 Å². The molecule has 0 aromatic rings. The van der Waals surface area contributed by atoms with E-state index in [1.165, 1.54) is 9.80 Å². The van der Waals surface area contributed by atoms with Gasteiger partial charge >= 0.3 is 12.1 Å². The quantitative estimate of drug-likeness (QED) is 0.605. The second-order valence-electron chi connectivity index (χ2n) is 6.92. The molecule has 0 radical (unpaired) electrons. The van der Waals surface area contributed by atoms with E-state index in [1.807, 2.05) is 0 Å². The highest BCUT2D eigenvalue weighted by Crippen LogP contribution is 2.20. The number of likely N-dealkylation sites (tertiary alicyclic amines) is 1. The van der Waals surface area contributed by atoms with Crippen molar-refractivity contribution in [2.24, 2.45) is 0 Å². The van der Waals surface area contributed by atoms with Gasteiger partial charge in [-0.05, 0) is 33.6 Å². The molecule has 1 saturated heterocycles. The second-order valence-corrected chi connectivity index (χ2v) is 6.92. The van der Waals surface area contributed by atoms with Crippen LogP contribution < -0.4 is 16.2 Å². The first-order valence-electron chi connectivity index (χ1n) is 8.04. The molecule has 0 aromatic carbocycles. The first kappa shape index (κ1) is 20.5. The number of ether oxygens (including phenoxy) is 1. The standard InChI is InChI=1S/C15H27N5O5/c1-15(2,3)25-14(24)20-8-6-7-10(20)12(22)17-18-13(23)16-9-11(21)19(4)5/h10H,6-9H2,1-5H3,(H,17,22)(H2,16,18,23)/t10-/m0/s1. The van der Waals surface area contributed by atoms with Crippen molar-refractivity contribution in [3.05, 3.63) is 0 Å². The van der Waals surface area contributed by atoms with Crippen molar-refractivity contribution in [2.45, 2.75) is 45.3 Å². The second kappa shape index (κ2) is 8.54. The average molecular weight is 357 g/mol. The van der Waals surface area contributed by atoms with Crippen LogP contribution in [-0.2, 0) is 14.3 Å². The Morgan fingerprint density at radius 1 is 1.16 bits per heavy atom. The van der Waals surface area contributed by atoms with Gasteiger partial charge < -0.3 is 15.0 Å². The van der Waals surface area contributed by atoms with Crippen LogP contribution in [0.15, 0.2) is 0 Å². The molecule has 0 spiro atoms. The average Bonchev–Trinajstić information content (AvgIpc) is 2.98. The molecule has 10 heteroatoms. The lowest BCUT2D eigenvalue weighted by atomic mass is 10.2. The van der Waals surface area contributed by atoms with Gasteiger partial charge in [-0.25, -0.2) is 15.0 Å². The Bertz CT molecular complexity index is 529. The van der Waals surface area contributed by atoms with Crippen LogP contribution >= 0.6 is 0 Å². The lowest BCUT2D eigenvalue weighted by molar-refractivity contribution is -0.127. The highest BCUT2D eigenvalue weighted by Gasteiger charge is 2.36. The molecule has 0 aliphatic carbocycles. The smallest absolute Gasteiger partial charge is 0.410 e. The Hall–Kier alpha value is -2.52. The summed E-state index contributed by atoms with van der Waals surface area (Å²) in [6, 6.07) is -1.43. The Labute approximate surface area is 147 Å². The van der Waals surface area contributed by atoms with Crippen molar-refractivity contribution in [3.8, 4) is 0 Å². The summed E-state index contributed by atoms with van der Waals surface area (Å²) in [6.07, 6.45) is 0.583. The van der Waals surface area contributed by atoms with Crippen molar-refractivity contribution < 1.29 is 23.9 Å². The van der Waals surface area contributed by atoms with Gasteiger partial charge in [0.15, 0.2) is 0 Å². The summed E-state index contributed by atoms with van der Waals surface area (Å²) in [5, 5.41) is 2.31. The molecular weight excluding hydrogens is 330 g/mol. The zero-order valence-electron chi connectivity index (χ0n) is 15.3. The monoisotopic (exact) mass is 357 g/mol. The fraction of sp³-hybridized carbons (Fsp3) is 0.733. The largest absolute Gasteiger partial charge is 0.444 e. The van der Waals surface area contributed by atoms with Crippen LogP contribution in [0.1, 0.15) is 33.6 Å². The molecule has 10 nitrogen and oxygen atoms in total. The third-order valence-electron chi connectivity index (χ3n) is 3.38. The molecule has 1 atom stereocenters. The van der Waals surface area contributed by atoms with Gasteiger partial charge in [-0.15, -0.1) is 0 Å². The third-order valence-corrected chi connectivity index (χ3v) is 3.38. The summed E-state index contributed by atoms with van der Waals surface area (Å²) in [6.45, 7) is 5.46. The summed E-state index contributed by atoms with van der Waals surface area (Å²) in [5.74, 6) is -0.800. The molecule has 1 aliphatic rings. The van der Waals surface area contributed by atoms with E-state index in [4.69, 9.17) is 4.74 Å². The van der Waals surface area contributed by atoms with E-state index in [0.717, 1.165) is 0 Å². The Morgan fingerprint density at radius 2 is 1.80 bits per heavy atom. The van der Waals surface area contributed by atoms with Crippen LogP contribution in [0.2, 0.25) is 0 Å². The zero-order chi connectivity index (χ0) is 19.2. The minimum absolute atomic E-state index is 0.192. The summed E-state index contributed by atoms with van der Waals surface area (Å²) in [7, 11) is 3.13. The number of rotatable bonds is 3. The number of hydrogen-bond acceptors (Lipinski definition) is 5. The van der Waals surface area contributed by atoms with Gasteiger partial charge in [0.25, 0.3) is 5.91 Å². The fourth-order valence-corrected chi connectivity index (χ4v) is 2.14. The predicted octanol–water partition coefficient (Wildman–Crippen LogP) is -0.195. The number of hydrazine groups is 1.